The molecule has 23 heavy (non-hydrogen) atoms. The molecule has 0 fully saturated rings. The van der Waals surface area contributed by atoms with Gasteiger partial charge in [-0.2, -0.15) is 8.42 Å². The number of carbonyl (C=O) groups excluding carboxylic acids is 1. The Hall–Kier alpha value is -2.19. The Kier molecular flexibility index (Phi) is 3.95. The molecular weight excluding hydrogens is 389 g/mol. The first-order valence-corrected chi connectivity index (χ1v) is 8.56. The monoisotopic (exact) mass is 397 g/mol. The highest BCUT2D eigenvalue weighted by atomic mass is 79.9. The smallest absolute Gasteiger partial charge is 0.332 e. The zero-order valence-electron chi connectivity index (χ0n) is 11.4. The number of benzene rings is 2. The molecule has 3 aromatic rings. The van der Waals surface area contributed by atoms with E-state index < -0.39 is 21.0 Å². The van der Waals surface area contributed by atoms with E-state index >= 15 is 0 Å². The van der Waals surface area contributed by atoms with E-state index in [9.17, 15) is 17.1 Å². The van der Waals surface area contributed by atoms with Crippen molar-refractivity contribution in [3.05, 3.63) is 58.8 Å². The minimum absolute atomic E-state index is 0.111. The molecule has 0 aliphatic heterocycles. The molecule has 0 saturated heterocycles. The van der Waals surface area contributed by atoms with Gasteiger partial charge in [-0.15, -0.1) is 3.89 Å². The summed E-state index contributed by atoms with van der Waals surface area (Å²) in [4.78, 5) is 11.7. The summed E-state index contributed by atoms with van der Waals surface area (Å²) in [5.74, 6) is -0.381. The third-order valence-electron chi connectivity index (χ3n) is 3.10. The maximum atomic E-state index is 12.8. The number of carbonyl (C=O) groups is 1. The molecule has 3 rings (SSSR count). The van der Waals surface area contributed by atoms with Crippen molar-refractivity contribution in [3.63, 3.8) is 0 Å². The minimum atomic E-state index is -4.76. The fourth-order valence-electron chi connectivity index (χ4n) is 2.02. The van der Waals surface area contributed by atoms with Crippen molar-refractivity contribution in [1.82, 2.24) is 0 Å². The zero-order chi connectivity index (χ0) is 16.6. The molecule has 0 aliphatic rings. The lowest BCUT2D eigenvalue weighted by Crippen LogP contribution is -2.10. The molecule has 1 heterocycles. The molecule has 0 bridgehead atoms. The first-order chi connectivity index (χ1) is 10.8. The molecule has 0 radical (unpaired) electrons. The van der Waals surface area contributed by atoms with Crippen LogP contribution in [0.15, 0.2) is 62.3 Å². The van der Waals surface area contributed by atoms with Crippen LogP contribution < -0.4 is 5.32 Å². The molecule has 0 atom stereocenters. The van der Waals surface area contributed by atoms with Crippen LogP contribution >= 0.6 is 15.9 Å². The van der Waals surface area contributed by atoms with E-state index in [0.29, 0.717) is 11.3 Å². The van der Waals surface area contributed by atoms with E-state index in [1.165, 1.54) is 12.1 Å². The van der Waals surface area contributed by atoms with Crippen molar-refractivity contribution in [2.45, 2.75) is 4.90 Å². The third-order valence-corrected chi connectivity index (χ3v) is 4.42. The standard InChI is InChI=1S/C15H9BrFNO4S/c16-10-1-6-13-9(7-10)8-14(22-13)15(19)18-11-2-4-12(5-3-11)23(17,20)21/h1-8H,(H,18,19). The Morgan fingerprint density at radius 3 is 2.43 bits per heavy atom. The summed E-state index contributed by atoms with van der Waals surface area (Å²) < 4.78 is 40.6. The second-order valence-electron chi connectivity index (χ2n) is 4.71. The van der Waals surface area contributed by atoms with Gasteiger partial charge >= 0.3 is 10.2 Å². The summed E-state index contributed by atoms with van der Waals surface area (Å²) in [6.45, 7) is 0. The van der Waals surface area contributed by atoms with Gasteiger partial charge in [0.1, 0.15) is 5.58 Å². The molecule has 8 heteroatoms. The van der Waals surface area contributed by atoms with Gasteiger partial charge in [-0.05, 0) is 48.5 Å². The molecule has 1 amide bonds. The van der Waals surface area contributed by atoms with Crippen molar-refractivity contribution in [3.8, 4) is 0 Å². The lowest BCUT2D eigenvalue weighted by atomic mass is 10.2. The number of nitrogens with one attached hydrogen (secondary N) is 1. The highest BCUT2D eigenvalue weighted by Gasteiger charge is 2.14. The topological polar surface area (TPSA) is 76.4 Å². The first kappa shape index (κ1) is 15.7. The van der Waals surface area contributed by atoms with Gasteiger partial charge in [0.15, 0.2) is 5.76 Å². The van der Waals surface area contributed by atoms with Crippen LogP contribution in [0.3, 0.4) is 0 Å². The molecule has 0 unspecified atom stereocenters. The predicted octanol–water partition coefficient (Wildman–Crippen LogP) is 4.11. The lowest BCUT2D eigenvalue weighted by Gasteiger charge is -2.03. The number of furan rings is 1. The Labute approximate surface area is 139 Å². The van der Waals surface area contributed by atoms with Crippen LogP contribution in [0.4, 0.5) is 9.57 Å². The van der Waals surface area contributed by atoms with E-state index in [1.807, 2.05) is 6.07 Å². The summed E-state index contributed by atoms with van der Waals surface area (Å²) in [5, 5.41) is 3.32. The quantitative estimate of drug-likeness (QED) is 0.674. The summed E-state index contributed by atoms with van der Waals surface area (Å²) >= 11 is 3.33. The van der Waals surface area contributed by atoms with Crippen molar-refractivity contribution in [1.29, 1.82) is 0 Å². The van der Waals surface area contributed by atoms with Gasteiger partial charge in [-0.25, -0.2) is 0 Å². The fraction of sp³-hybridized carbons (Fsp3) is 0. The highest BCUT2D eigenvalue weighted by molar-refractivity contribution is 9.10. The first-order valence-electron chi connectivity index (χ1n) is 6.38. The largest absolute Gasteiger partial charge is 0.451 e. The number of hydrogen-bond donors (Lipinski definition) is 1. The number of rotatable bonds is 3. The van der Waals surface area contributed by atoms with Crippen LogP contribution in [0.25, 0.3) is 11.0 Å². The number of amides is 1. The summed E-state index contributed by atoms with van der Waals surface area (Å²) in [5.41, 5.74) is 0.890. The summed E-state index contributed by atoms with van der Waals surface area (Å²) in [6, 6.07) is 11.7. The van der Waals surface area contributed by atoms with Crippen LogP contribution in [0.1, 0.15) is 10.6 Å². The van der Waals surface area contributed by atoms with Crippen molar-refractivity contribution in [2.24, 2.45) is 0 Å². The molecule has 118 valence electrons. The van der Waals surface area contributed by atoms with Crippen LogP contribution in [0, 0.1) is 0 Å². The maximum absolute atomic E-state index is 12.8. The molecule has 0 aliphatic carbocycles. The number of fused-ring (bicyclic) bond motifs is 1. The molecule has 1 N–H and O–H groups in total. The second kappa shape index (κ2) is 5.78. The van der Waals surface area contributed by atoms with Crippen LogP contribution in [0.5, 0.6) is 0 Å². The molecular formula is C15H9BrFNO4S. The van der Waals surface area contributed by atoms with Crippen molar-refractivity contribution < 1.29 is 21.5 Å². The van der Waals surface area contributed by atoms with Gasteiger partial charge < -0.3 is 9.73 Å². The average Bonchev–Trinajstić information content (AvgIpc) is 2.90. The minimum Gasteiger partial charge on any atom is -0.451 e. The van der Waals surface area contributed by atoms with Crippen molar-refractivity contribution in [2.75, 3.05) is 5.32 Å². The normalized spacial score (nSPS) is 11.6. The van der Waals surface area contributed by atoms with E-state index in [2.05, 4.69) is 21.2 Å². The number of anilines is 1. The van der Waals surface area contributed by atoms with Gasteiger partial charge in [-0.1, -0.05) is 15.9 Å². The van der Waals surface area contributed by atoms with E-state index in [0.717, 1.165) is 22.0 Å². The van der Waals surface area contributed by atoms with E-state index in [-0.39, 0.29) is 5.76 Å². The van der Waals surface area contributed by atoms with Gasteiger partial charge in [-0.3, -0.25) is 4.79 Å². The van der Waals surface area contributed by atoms with Crippen LogP contribution in [0.2, 0.25) is 0 Å². The highest BCUT2D eigenvalue weighted by Crippen LogP contribution is 2.24. The molecule has 0 saturated carbocycles. The molecule has 5 nitrogen and oxygen atoms in total. The van der Waals surface area contributed by atoms with Crippen LogP contribution in [-0.4, -0.2) is 14.3 Å². The lowest BCUT2D eigenvalue weighted by molar-refractivity contribution is 0.0998. The Balaban J connectivity index is 1.82. The van der Waals surface area contributed by atoms with E-state index in [4.69, 9.17) is 4.42 Å². The fourth-order valence-corrected chi connectivity index (χ4v) is 2.86. The Morgan fingerprint density at radius 2 is 1.78 bits per heavy atom. The average molecular weight is 398 g/mol. The van der Waals surface area contributed by atoms with Gasteiger partial charge in [0.25, 0.3) is 5.91 Å². The van der Waals surface area contributed by atoms with Gasteiger partial charge in [0, 0.05) is 15.5 Å². The molecule has 0 spiro atoms. The van der Waals surface area contributed by atoms with Gasteiger partial charge in [0.05, 0.1) is 4.90 Å². The Morgan fingerprint density at radius 1 is 1.09 bits per heavy atom. The zero-order valence-corrected chi connectivity index (χ0v) is 13.8. The SMILES string of the molecule is O=C(Nc1ccc(S(=O)(=O)F)cc1)c1cc2cc(Br)ccc2o1. The number of halogens is 2. The summed E-state index contributed by atoms with van der Waals surface area (Å²) in [6.07, 6.45) is 0. The number of hydrogen-bond acceptors (Lipinski definition) is 4. The van der Waals surface area contributed by atoms with Crippen LogP contribution in [-0.2, 0) is 10.2 Å². The van der Waals surface area contributed by atoms with Crippen molar-refractivity contribution >= 4 is 48.7 Å². The second-order valence-corrected chi connectivity index (χ2v) is 6.97. The predicted molar refractivity (Wildman–Crippen MR) is 86.6 cm³/mol. The Bertz CT molecular complexity index is 996. The third kappa shape index (κ3) is 3.43. The maximum Gasteiger partial charge on any atom is 0.332 e. The summed E-state index contributed by atoms with van der Waals surface area (Å²) in [7, 11) is -4.76. The molecule has 1 aromatic heterocycles. The van der Waals surface area contributed by atoms with E-state index in [1.54, 1.807) is 18.2 Å². The van der Waals surface area contributed by atoms with Gasteiger partial charge in [0.2, 0.25) is 0 Å². The molecule has 2 aromatic carbocycles.